The van der Waals surface area contributed by atoms with Crippen LogP contribution < -0.4 is 5.32 Å². The van der Waals surface area contributed by atoms with E-state index in [1.165, 1.54) is 6.08 Å². The van der Waals surface area contributed by atoms with E-state index in [4.69, 9.17) is 9.47 Å². The lowest BCUT2D eigenvalue weighted by Crippen LogP contribution is -2.44. The Labute approximate surface area is 149 Å². The van der Waals surface area contributed by atoms with Crippen LogP contribution in [0.5, 0.6) is 0 Å². The molecular weight excluding hydrogens is 324 g/mol. The van der Waals surface area contributed by atoms with Gasteiger partial charge in [0.2, 0.25) is 0 Å². The van der Waals surface area contributed by atoms with E-state index >= 15 is 0 Å². The van der Waals surface area contributed by atoms with Gasteiger partial charge in [0.05, 0.1) is 6.61 Å². The Balaban J connectivity index is 1.85. The summed E-state index contributed by atoms with van der Waals surface area (Å²) in [6.45, 7) is 10.8. The van der Waals surface area contributed by atoms with E-state index in [9.17, 15) is 14.7 Å². The third-order valence-electron chi connectivity index (χ3n) is 5.26. The first-order valence-corrected chi connectivity index (χ1v) is 8.77. The van der Waals surface area contributed by atoms with Crippen LogP contribution in [0.2, 0.25) is 0 Å². The third kappa shape index (κ3) is 4.45. The van der Waals surface area contributed by atoms with Gasteiger partial charge in [0.15, 0.2) is 0 Å². The van der Waals surface area contributed by atoms with Gasteiger partial charge in [-0.05, 0) is 45.4 Å². The number of aliphatic hydroxyl groups excluding tert-OH is 1. The largest absolute Gasteiger partial charge is 0.445 e. The Kier molecular flexibility index (Phi) is 5.66. The fourth-order valence-corrected chi connectivity index (χ4v) is 3.71. The lowest BCUT2D eigenvalue weighted by molar-refractivity contribution is 0.0136. The molecule has 0 aromatic rings. The number of carbonyl (C=O) groups excluding carboxylic acids is 2. The molecular formula is C18H30N2O5. The second-order valence-corrected chi connectivity index (χ2v) is 8.10. The van der Waals surface area contributed by atoms with E-state index in [1.54, 1.807) is 4.90 Å². The number of piperidine rings is 1. The Morgan fingerprint density at radius 1 is 1.32 bits per heavy atom. The average molecular weight is 354 g/mol. The van der Waals surface area contributed by atoms with Crippen molar-refractivity contribution in [3.63, 3.8) is 0 Å². The monoisotopic (exact) mass is 354 g/mol. The number of likely N-dealkylation sites (tertiary alicyclic amines) is 1. The molecule has 1 spiro atoms. The summed E-state index contributed by atoms with van der Waals surface area (Å²) in [6, 6.07) is 0. The van der Waals surface area contributed by atoms with Gasteiger partial charge in [0, 0.05) is 25.0 Å². The van der Waals surface area contributed by atoms with Crippen LogP contribution in [0.4, 0.5) is 9.59 Å². The smallest absolute Gasteiger partial charge is 0.410 e. The van der Waals surface area contributed by atoms with E-state index in [2.05, 4.69) is 11.9 Å². The standard InChI is InChI=1S/C18H30N2O5/c1-5-10-24-14(22)19-12-18(13-21)11-17(18)6-8-20(9-7-17)15(23)25-16(2,3)4/h5,21H,1,6-13H2,2-4H3,(H,19,22). The van der Waals surface area contributed by atoms with Crippen molar-refractivity contribution in [3.05, 3.63) is 12.7 Å². The highest BCUT2D eigenvalue weighted by Crippen LogP contribution is 2.68. The number of hydrogen-bond donors (Lipinski definition) is 2. The zero-order chi connectivity index (χ0) is 18.7. The zero-order valence-corrected chi connectivity index (χ0v) is 15.5. The summed E-state index contributed by atoms with van der Waals surface area (Å²) in [6.07, 6.45) is 3.17. The van der Waals surface area contributed by atoms with Crippen LogP contribution in [0.3, 0.4) is 0 Å². The highest BCUT2D eigenvalue weighted by Gasteiger charge is 2.67. The molecule has 2 fully saturated rings. The van der Waals surface area contributed by atoms with Crippen LogP contribution in [-0.4, -0.2) is 60.6 Å². The van der Waals surface area contributed by atoms with Gasteiger partial charge in [0.25, 0.3) is 0 Å². The average Bonchev–Trinajstić information content (AvgIpc) is 3.16. The van der Waals surface area contributed by atoms with Gasteiger partial charge in [-0.15, -0.1) is 0 Å². The number of aliphatic hydroxyl groups is 1. The number of rotatable bonds is 5. The van der Waals surface area contributed by atoms with Gasteiger partial charge in [-0.25, -0.2) is 9.59 Å². The van der Waals surface area contributed by atoms with Gasteiger partial charge >= 0.3 is 12.2 Å². The molecule has 2 aliphatic rings. The van der Waals surface area contributed by atoms with Crippen molar-refractivity contribution in [2.45, 2.75) is 45.6 Å². The van der Waals surface area contributed by atoms with Gasteiger partial charge in [-0.1, -0.05) is 12.7 Å². The molecule has 7 nitrogen and oxygen atoms in total. The first kappa shape index (κ1) is 19.6. The molecule has 1 unspecified atom stereocenters. The predicted molar refractivity (Wildman–Crippen MR) is 93.2 cm³/mol. The molecule has 0 bridgehead atoms. The molecule has 25 heavy (non-hydrogen) atoms. The number of ether oxygens (including phenoxy) is 2. The molecule has 1 saturated heterocycles. The minimum atomic E-state index is -0.504. The fourth-order valence-electron chi connectivity index (χ4n) is 3.71. The number of alkyl carbamates (subject to hydrolysis) is 1. The van der Waals surface area contributed by atoms with Gasteiger partial charge in [-0.2, -0.15) is 0 Å². The van der Waals surface area contributed by atoms with Gasteiger partial charge in [-0.3, -0.25) is 0 Å². The molecule has 142 valence electrons. The molecule has 0 radical (unpaired) electrons. The van der Waals surface area contributed by atoms with Gasteiger partial charge < -0.3 is 24.8 Å². The number of carbonyl (C=O) groups is 2. The summed E-state index contributed by atoms with van der Waals surface area (Å²) in [5.41, 5.74) is -0.845. The third-order valence-corrected chi connectivity index (χ3v) is 5.26. The number of amides is 2. The summed E-state index contributed by atoms with van der Waals surface area (Å²) in [5.74, 6) is 0. The van der Waals surface area contributed by atoms with E-state index in [1.807, 2.05) is 20.8 Å². The van der Waals surface area contributed by atoms with Crippen molar-refractivity contribution in [1.29, 1.82) is 0 Å². The SMILES string of the molecule is C=CCOC(=O)NCC1(CO)CC12CCN(C(=O)OC(C)(C)C)CC2. The second kappa shape index (κ2) is 7.23. The van der Waals surface area contributed by atoms with E-state index in [0.29, 0.717) is 19.6 Å². The van der Waals surface area contributed by atoms with E-state index in [-0.39, 0.29) is 30.1 Å². The van der Waals surface area contributed by atoms with Crippen LogP contribution in [0.25, 0.3) is 0 Å². The highest BCUT2D eigenvalue weighted by atomic mass is 16.6. The van der Waals surface area contributed by atoms with Crippen LogP contribution in [0.1, 0.15) is 40.0 Å². The Hall–Kier alpha value is -1.76. The minimum Gasteiger partial charge on any atom is -0.445 e. The maximum absolute atomic E-state index is 12.2. The van der Waals surface area contributed by atoms with Crippen molar-refractivity contribution in [3.8, 4) is 0 Å². The molecule has 2 N–H and O–H groups in total. The summed E-state index contributed by atoms with van der Waals surface area (Å²) < 4.78 is 10.3. The second-order valence-electron chi connectivity index (χ2n) is 8.10. The lowest BCUT2D eigenvalue weighted by atomic mass is 9.84. The number of hydrogen-bond acceptors (Lipinski definition) is 5. The molecule has 1 saturated carbocycles. The van der Waals surface area contributed by atoms with Crippen molar-refractivity contribution in [2.24, 2.45) is 10.8 Å². The molecule has 1 atom stereocenters. The number of nitrogens with zero attached hydrogens (tertiary/aromatic N) is 1. The molecule has 1 heterocycles. The summed E-state index contributed by atoms with van der Waals surface area (Å²) in [7, 11) is 0. The Morgan fingerprint density at radius 2 is 1.96 bits per heavy atom. The predicted octanol–water partition coefficient (Wildman–Crippen LogP) is 2.30. The summed E-state index contributed by atoms with van der Waals surface area (Å²) >= 11 is 0. The van der Waals surface area contributed by atoms with E-state index in [0.717, 1.165) is 19.3 Å². The highest BCUT2D eigenvalue weighted by molar-refractivity contribution is 5.68. The normalized spacial score (nSPS) is 24.6. The van der Waals surface area contributed by atoms with Crippen LogP contribution in [0.15, 0.2) is 12.7 Å². The van der Waals surface area contributed by atoms with Crippen LogP contribution in [0, 0.1) is 10.8 Å². The Bertz CT molecular complexity index is 520. The molecule has 1 aliphatic heterocycles. The lowest BCUT2D eigenvalue weighted by Gasteiger charge is -2.36. The minimum absolute atomic E-state index is 0.0151. The maximum atomic E-state index is 12.2. The van der Waals surface area contributed by atoms with E-state index < -0.39 is 11.7 Å². The topological polar surface area (TPSA) is 88.1 Å². The molecule has 1 aliphatic carbocycles. The van der Waals surface area contributed by atoms with Crippen LogP contribution >= 0.6 is 0 Å². The molecule has 2 rings (SSSR count). The van der Waals surface area contributed by atoms with Crippen molar-refractivity contribution < 1.29 is 24.2 Å². The Morgan fingerprint density at radius 3 is 2.48 bits per heavy atom. The molecule has 0 aromatic heterocycles. The van der Waals surface area contributed by atoms with Crippen LogP contribution in [-0.2, 0) is 9.47 Å². The quantitative estimate of drug-likeness (QED) is 0.740. The fraction of sp³-hybridized carbons (Fsp3) is 0.778. The van der Waals surface area contributed by atoms with Crippen molar-refractivity contribution >= 4 is 12.2 Å². The molecule has 2 amide bonds. The first-order chi connectivity index (χ1) is 11.7. The van der Waals surface area contributed by atoms with Crippen molar-refractivity contribution in [2.75, 3.05) is 32.8 Å². The molecule has 7 heteroatoms. The summed E-state index contributed by atoms with van der Waals surface area (Å²) in [5, 5.41) is 12.6. The molecule has 0 aromatic carbocycles. The first-order valence-electron chi connectivity index (χ1n) is 8.77. The number of nitrogens with one attached hydrogen (secondary N) is 1. The van der Waals surface area contributed by atoms with Crippen molar-refractivity contribution in [1.82, 2.24) is 10.2 Å². The summed E-state index contributed by atoms with van der Waals surface area (Å²) in [4.78, 5) is 25.5. The van der Waals surface area contributed by atoms with Gasteiger partial charge in [0.1, 0.15) is 12.2 Å². The maximum Gasteiger partial charge on any atom is 0.410 e. The zero-order valence-electron chi connectivity index (χ0n) is 15.5.